The van der Waals surface area contributed by atoms with Crippen LogP contribution in [-0.4, -0.2) is 9.13 Å². The van der Waals surface area contributed by atoms with E-state index in [1.807, 2.05) is 0 Å². The molecule has 0 aliphatic carbocycles. The molecule has 8 aromatic rings. The first-order valence-electron chi connectivity index (χ1n) is 13.3. The topological polar surface area (TPSA) is 9.86 Å². The van der Waals surface area contributed by atoms with Gasteiger partial charge in [0, 0.05) is 56.7 Å². The number of hydrogen-bond donors (Lipinski definition) is 0. The highest BCUT2D eigenvalue weighted by molar-refractivity contribution is 6.09. The largest absolute Gasteiger partial charge is 0.336 e. The lowest BCUT2D eigenvalue weighted by Crippen LogP contribution is -2.03. The Morgan fingerprint density at radius 3 is 0.921 bits per heavy atom. The fourth-order valence-corrected chi connectivity index (χ4v) is 6.40. The number of para-hydroxylation sites is 4. The Hall–Kier alpha value is -4.82. The van der Waals surface area contributed by atoms with Crippen LogP contribution in [0.5, 0.6) is 0 Å². The zero-order valence-corrected chi connectivity index (χ0v) is 21.0. The van der Waals surface area contributed by atoms with E-state index in [2.05, 4.69) is 143 Å². The van der Waals surface area contributed by atoms with Crippen molar-refractivity contribution in [1.29, 1.82) is 0 Å². The summed E-state index contributed by atoms with van der Waals surface area (Å²) in [6.45, 7) is 1.68. The summed E-state index contributed by atoms with van der Waals surface area (Å²) in [5.41, 5.74) is 7.83. The van der Waals surface area contributed by atoms with Crippen LogP contribution >= 0.6 is 0 Å². The van der Waals surface area contributed by atoms with Crippen LogP contribution in [0.4, 0.5) is 0 Å². The van der Waals surface area contributed by atoms with Gasteiger partial charge in [-0.15, -0.1) is 0 Å². The van der Waals surface area contributed by atoms with Crippen molar-refractivity contribution in [3.05, 3.63) is 145 Å². The van der Waals surface area contributed by atoms with Crippen LogP contribution in [0.1, 0.15) is 11.1 Å². The highest BCUT2D eigenvalue weighted by Gasteiger charge is 2.14. The van der Waals surface area contributed by atoms with Crippen LogP contribution in [0, 0.1) is 0 Å². The minimum absolute atomic E-state index is 0.838. The molecule has 8 rings (SSSR count). The van der Waals surface area contributed by atoms with Crippen LogP contribution in [0.25, 0.3) is 54.4 Å². The van der Waals surface area contributed by atoms with Gasteiger partial charge in [0.25, 0.3) is 0 Å². The van der Waals surface area contributed by atoms with E-state index in [-0.39, 0.29) is 0 Å². The summed E-state index contributed by atoms with van der Waals surface area (Å²) < 4.78 is 4.94. The summed E-state index contributed by atoms with van der Waals surface area (Å²) in [5.74, 6) is 0. The Morgan fingerprint density at radius 1 is 0.289 bits per heavy atom. The Bertz CT molecular complexity index is 1880. The third kappa shape index (κ3) is 3.13. The summed E-state index contributed by atoms with van der Waals surface area (Å²) in [6.07, 6.45) is 0. The van der Waals surface area contributed by atoms with Crippen molar-refractivity contribution in [2.75, 3.05) is 0 Å². The molecule has 180 valence electrons. The van der Waals surface area contributed by atoms with Crippen molar-refractivity contribution in [2.24, 2.45) is 0 Å². The van der Waals surface area contributed by atoms with E-state index in [1.165, 1.54) is 65.5 Å². The molecule has 2 nitrogen and oxygen atoms in total. The molecule has 0 saturated heterocycles. The number of fused-ring (bicyclic) bond motifs is 7. The molecule has 0 aliphatic rings. The van der Waals surface area contributed by atoms with Crippen molar-refractivity contribution >= 4 is 54.4 Å². The van der Waals surface area contributed by atoms with Gasteiger partial charge in [-0.25, -0.2) is 0 Å². The first-order chi connectivity index (χ1) is 18.9. The van der Waals surface area contributed by atoms with Gasteiger partial charge in [-0.1, -0.05) is 109 Å². The second-order valence-electron chi connectivity index (χ2n) is 10.2. The first-order valence-corrected chi connectivity index (χ1v) is 13.3. The maximum absolute atomic E-state index is 2.47. The van der Waals surface area contributed by atoms with Crippen LogP contribution in [0.2, 0.25) is 0 Å². The summed E-state index contributed by atoms with van der Waals surface area (Å²) in [6, 6.07) is 48.6. The second-order valence-corrected chi connectivity index (χ2v) is 10.2. The predicted molar refractivity (Wildman–Crippen MR) is 161 cm³/mol. The van der Waals surface area contributed by atoms with Crippen LogP contribution in [0.3, 0.4) is 0 Å². The fraction of sp³-hybridized carbons (Fsp3) is 0.0556. The van der Waals surface area contributed by atoms with E-state index in [1.54, 1.807) is 0 Å². The highest BCUT2D eigenvalue weighted by Crippen LogP contribution is 2.33. The van der Waals surface area contributed by atoms with Gasteiger partial charge in [0.1, 0.15) is 0 Å². The zero-order valence-electron chi connectivity index (χ0n) is 21.0. The van der Waals surface area contributed by atoms with E-state index in [4.69, 9.17) is 0 Å². The molecule has 0 atom stereocenters. The number of hydrogen-bond acceptors (Lipinski definition) is 0. The van der Waals surface area contributed by atoms with Crippen molar-refractivity contribution in [1.82, 2.24) is 9.13 Å². The Kier molecular flexibility index (Phi) is 4.68. The molecular formula is C36H26N2. The average molecular weight is 487 g/mol. The monoisotopic (exact) mass is 486 g/mol. The molecule has 2 heterocycles. The standard InChI is InChI=1S/C36H26N2/c1-5-19-33-29(13-1)30-14-2-6-20-34(30)37(33)23-25-11-9-18-28-26(12-10-17-27(25)28)24-38-35-21-7-3-15-31(35)32-16-4-8-22-36(32)38/h1-22H,23-24H2. The molecule has 0 aliphatic heterocycles. The van der Waals surface area contributed by atoms with Crippen LogP contribution < -0.4 is 0 Å². The average Bonchev–Trinajstić information content (AvgIpc) is 3.47. The molecule has 38 heavy (non-hydrogen) atoms. The minimum Gasteiger partial charge on any atom is -0.336 e. The number of benzene rings is 6. The van der Waals surface area contributed by atoms with Crippen LogP contribution in [0.15, 0.2) is 133 Å². The summed E-state index contributed by atoms with van der Waals surface area (Å²) in [5, 5.41) is 7.91. The van der Waals surface area contributed by atoms with E-state index in [9.17, 15) is 0 Å². The molecule has 0 amide bonds. The lowest BCUT2D eigenvalue weighted by Gasteiger charge is -2.14. The van der Waals surface area contributed by atoms with Gasteiger partial charge in [-0.05, 0) is 46.2 Å². The molecule has 6 aromatic carbocycles. The van der Waals surface area contributed by atoms with Gasteiger partial charge in [-0.3, -0.25) is 0 Å². The van der Waals surface area contributed by atoms with E-state index < -0.39 is 0 Å². The van der Waals surface area contributed by atoms with Crippen molar-refractivity contribution in [2.45, 2.75) is 13.1 Å². The number of nitrogens with zero attached hydrogens (tertiary/aromatic N) is 2. The predicted octanol–water partition coefficient (Wildman–Crippen LogP) is 9.15. The van der Waals surface area contributed by atoms with Gasteiger partial charge in [-0.2, -0.15) is 0 Å². The molecule has 0 N–H and O–H groups in total. The molecule has 0 saturated carbocycles. The molecule has 0 radical (unpaired) electrons. The number of aromatic nitrogens is 2. The van der Waals surface area contributed by atoms with Gasteiger partial charge < -0.3 is 9.13 Å². The Labute approximate surface area is 221 Å². The second kappa shape index (κ2) is 8.36. The van der Waals surface area contributed by atoms with Gasteiger partial charge in [0.15, 0.2) is 0 Å². The molecule has 0 spiro atoms. The molecular weight excluding hydrogens is 460 g/mol. The van der Waals surface area contributed by atoms with Crippen molar-refractivity contribution in [3.8, 4) is 0 Å². The Balaban J connectivity index is 1.29. The van der Waals surface area contributed by atoms with E-state index in [0.717, 1.165) is 13.1 Å². The fourth-order valence-electron chi connectivity index (χ4n) is 6.40. The zero-order chi connectivity index (χ0) is 25.1. The molecule has 0 bridgehead atoms. The highest BCUT2D eigenvalue weighted by atomic mass is 15.0. The van der Waals surface area contributed by atoms with Gasteiger partial charge >= 0.3 is 0 Å². The molecule has 0 fully saturated rings. The summed E-state index contributed by atoms with van der Waals surface area (Å²) in [4.78, 5) is 0. The quantitative estimate of drug-likeness (QED) is 0.235. The SMILES string of the molecule is c1cc(Cn2c3ccccc3c3ccccc32)c2cccc(Cn3c4ccccc4c4ccccc43)c2c1. The van der Waals surface area contributed by atoms with Gasteiger partial charge in [0.2, 0.25) is 0 Å². The van der Waals surface area contributed by atoms with E-state index in [0.29, 0.717) is 0 Å². The van der Waals surface area contributed by atoms with Gasteiger partial charge in [0.05, 0.1) is 0 Å². The Morgan fingerprint density at radius 2 is 0.579 bits per heavy atom. The maximum atomic E-state index is 2.47. The first kappa shape index (κ1) is 21.3. The third-order valence-electron chi connectivity index (χ3n) is 8.12. The van der Waals surface area contributed by atoms with Crippen molar-refractivity contribution in [3.63, 3.8) is 0 Å². The van der Waals surface area contributed by atoms with Crippen LogP contribution in [-0.2, 0) is 13.1 Å². The summed E-state index contributed by atoms with van der Waals surface area (Å²) in [7, 11) is 0. The molecule has 0 unspecified atom stereocenters. The minimum atomic E-state index is 0.838. The lowest BCUT2D eigenvalue weighted by atomic mass is 9.99. The lowest BCUT2D eigenvalue weighted by molar-refractivity contribution is 0.870. The summed E-state index contributed by atoms with van der Waals surface area (Å²) >= 11 is 0. The smallest absolute Gasteiger partial charge is 0.0494 e. The van der Waals surface area contributed by atoms with Crippen molar-refractivity contribution < 1.29 is 0 Å². The van der Waals surface area contributed by atoms with E-state index >= 15 is 0 Å². The normalized spacial score (nSPS) is 11.9. The number of rotatable bonds is 4. The molecule has 2 aromatic heterocycles. The maximum Gasteiger partial charge on any atom is 0.0494 e. The third-order valence-corrected chi connectivity index (χ3v) is 8.12. The molecule has 2 heteroatoms.